The molecule has 24 heavy (non-hydrogen) atoms. The van der Waals surface area contributed by atoms with Crippen LogP contribution in [0.5, 0.6) is 5.75 Å². The molecule has 0 bridgehead atoms. The molecule has 1 unspecified atom stereocenters. The summed E-state index contributed by atoms with van der Waals surface area (Å²) in [6, 6.07) is 9.29. The van der Waals surface area contributed by atoms with Crippen LogP contribution in [-0.2, 0) is 6.42 Å². The third-order valence-electron chi connectivity index (χ3n) is 3.90. The molecule has 3 aromatic rings. The zero-order valence-electron chi connectivity index (χ0n) is 12.8. The Balaban J connectivity index is 1.47. The summed E-state index contributed by atoms with van der Waals surface area (Å²) < 4.78 is 11.1. The molecule has 1 aliphatic rings. The van der Waals surface area contributed by atoms with Crippen LogP contribution in [0.4, 0.5) is 0 Å². The first-order chi connectivity index (χ1) is 11.8. The Labute approximate surface area is 138 Å². The highest BCUT2D eigenvalue weighted by atomic mass is 16.5. The molecule has 0 saturated carbocycles. The number of hydrogen-bond acceptors (Lipinski definition) is 5. The normalized spacial score (nSPS) is 15.6. The molecule has 0 spiro atoms. The number of ether oxygens (including phenoxy) is 1. The van der Waals surface area contributed by atoms with Crippen molar-refractivity contribution in [3.63, 3.8) is 0 Å². The Bertz CT molecular complexity index is 847. The van der Waals surface area contributed by atoms with Gasteiger partial charge in [0.15, 0.2) is 5.76 Å². The number of carbonyl (C=O) groups is 1. The molecule has 0 saturated heterocycles. The molecule has 6 heteroatoms. The van der Waals surface area contributed by atoms with Crippen LogP contribution in [0.25, 0.3) is 11.3 Å². The predicted molar refractivity (Wildman–Crippen MR) is 86.6 cm³/mol. The number of nitrogens with one attached hydrogen (secondary N) is 1. The van der Waals surface area contributed by atoms with Crippen molar-refractivity contribution in [2.45, 2.75) is 12.5 Å². The monoisotopic (exact) mass is 321 g/mol. The van der Waals surface area contributed by atoms with E-state index in [0.717, 1.165) is 29.0 Å². The second kappa shape index (κ2) is 6.16. The molecule has 4 rings (SSSR count). The lowest BCUT2D eigenvalue weighted by atomic mass is 10.0. The molecule has 2 aromatic heterocycles. The summed E-state index contributed by atoms with van der Waals surface area (Å²) in [5.41, 5.74) is 2.80. The van der Waals surface area contributed by atoms with E-state index in [9.17, 15) is 4.79 Å². The highest BCUT2D eigenvalue weighted by Gasteiger charge is 2.26. The average Bonchev–Trinajstić information content (AvgIpc) is 3.29. The molecule has 0 radical (unpaired) electrons. The smallest absolute Gasteiger partial charge is 0.287 e. The van der Waals surface area contributed by atoms with Crippen molar-refractivity contribution in [1.82, 2.24) is 15.3 Å². The van der Waals surface area contributed by atoms with Crippen LogP contribution in [0.2, 0.25) is 0 Å². The van der Waals surface area contributed by atoms with E-state index in [4.69, 9.17) is 9.15 Å². The Morgan fingerprint density at radius 3 is 3.00 bits per heavy atom. The Hall–Kier alpha value is -3.15. The van der Waals surface area contributed by atoms with Crippen LogP contribution in [0.1, 0.15) is 16.1 Å². The second-order valence-electron chi connectivity index (χ2n) is 5.52. The molecule has 1 amide bonds. The van der Waals surface area contributed by atoms with Gasteiger partial charge < -0.3 is 14.5 Å². The second-order valence-corrected chi connectivity index (χ2v) is 5.52. The van der Waals surface area contributed by atoms with Crippen molar-refractivity contribution in [2.24, 2.45) is 0 Å². The highest BCUT2D eigenvalue weighted by molar-refractivity contribution is 5.91. The van der Waals surface area contributed by atoms with Crippen molar-refractivity contribution in [1.29, 1.82) is 0 Å². The van der Waals surface area contributed by atoms with Crippen molar-refractivity contribution >= 4 is 5.91 Å². The van der Waals surface area contributed by atoms with Gasteiger partial charge in [-0.15, -0.1) is 0 Å². The summed E-state index contributed by atoms with van der Waals surface area (Å²) in [6.45, 7) is 0.411. The zero-order chi connectivity index (χ0) is 16.4. The maximum atomic E-state index is 11.9. The summed E-state index contributed by atoms with van der Waals surface area (Å²) >= 11 is 0. The molecule has 1 N–H and O–H groups in total. The summed E-state index contributed by atoms with van der Waals surface area (Å²) in [7, 11) is 0. The molecule has 120 valence electrons. The van der Waals surface area contributed by atoms with E-state index >= 15 is 0 Å². The minimum absolute atomic E-state index is 0.114. The van der Waals surface area contributed by atoms with Crippen molar-refractivity contribution in [3.8, 4) is 17.0 Å². The third kappa shape index (κ3) is 2.74. The van der Waals surface area contributed by atoms with Gasteiger partial charge in [0, 0.05) is 24.4 Å². The number of para-hydroxylation sites is 1. The number of furan rings is 1. The maximum Gasteiger partial charge on any atom is 0.287 e. The standard InChI is InChI=1S/C18H15N3O3/c22-18(16-5-2-8-23-16)21-10-13-9-12-3-1-4-14(17(12)24-13)15-11-19-6-7-20-15/h1-8,11,13H,9-10H2,(H,21,22). The molecule has 0 fully saturated rings. The lowest BCUT2D eigenvalue weighted by Crippen LogP contribution is -2.34. The third-order valence-corrected chi connectivity index (χ3v) is 3.90. The first-order valence-corrected chi connectivity index (χ1v) is 7.68. The van der Waals surface area contributed by atoms with Gasteiger partial charge in [-0.3, -0.25) is 14.8 Å². The molecule has 1 aromatic carbocycles. The van der Waals surface area contributed by atoms with Crippen LogP contribution in [0.15, 0.2) is 59.6 Å². The summed E-state index contributed by atoms with van der Waals surface area (Å²) in [4.78, 5) is 20.4. The van der Waals surface area contributed by atoms with E-state index < -0.39 is 0 Å². The van der Waals surface area contributed by atoms with Gasteiger partial charge in [0.05, 0.1) is 24.7 Å². The number of benzene rings is 1. The Kier molecular flexibility index (Phi) is 3.70. The van der Waals surface area contributed by atoms with Crippen LogP contribution in [0, 0.1) is 0 Å². The Morgan fingerprint density at radius 2 is 2.21 bits per heavy atom. The first kappa shape index (κ1) is 14.4. The van der Waals surface area contributed by atoms with Gasteiger partial charge in [0.25, 0.3) is 5.91 Å². The number of rotatable bonds is 4. The highest BCUT2D eigenvalue weighted by Crippen LogP contribution is 2.37. The zero-order valence-corrected chi connectivity index (χ0v) is 12.8. The SMILES string of the molecule is O=C(NCC1Cc2cccc(-c3cnccn3)c2O1)c1ccco1. The fourth-order valence-electron chi connectivity index (χ4n) is 2.79. The molecule has 3 heterocycles. The van der Waals surface area contributed by atoms with Gasteiger partial charge in [-0.1, -0.05) is 12.1 Å². The number of hydrogen-bond donors (Lipinski definition) is 1. The van der Waals surface area contributed by atoms with Crippen LogP contribution in [0.3, 0.4) is 0 Å². The van der Waals surface area contributed by atoms with E-state index in [1.807, 2.05) is 18.2 Å². The topological polar surface area (TPSA) is 77.2 Å². The van der Waals surface area contributed by atoms with Gasteiger partial charge in [-0.05, 0) is 23.8 Å². The van der Waals surface area contributed by atoms with Crippen LogP contribution >= 0.6 is 0 Å². The predicted octanol–water partition coefficient (Wildman–Crippen LogP) is 2.47. The average molecular weight is 321 g/mol. The number of nitrogens with zero attached hydrogens (tertiary/aromatic N) is 2. The number of fused-ring (bicyclic) bond motifs is 1. The van der Waals surface area contributed by atoms with E-state index in [0.29, 0.717) is 12.3 Å². The molecular formula is C18H15N3O3. The number of carbonyl (C=O) groups excluding carboxylic acids is 1. The molecular weight excluding hydrogens is 306 g/mol. The van der Waals surface area contributed by atoms with Crippen molar-refractivity contribution < 1.29 is 13.9 Å². The van der Waals surface area contributed by atoms with Crippen molar-refractivity contribution in [2.75, 3.05) is 6.54 Å². The van der Waals surface area contributed by atoms with Crippen molar-refractivity contribution in [3.05, 3.63) is 66.5 Å². The lowest BCUT2D eigenvalue weighted by Gasteiger charge is -2.12. The first-order valence-electron chi connectivity index (χ1n) is 7.68. The van der Waals surface area contributed by atoms with E-state index in [1.54, 1.807) is 30.7 Å². The summed E-state index contributed by atoms with van der Waals surface area (Å²) in [5.74, 6) is 0.870. The van der Waals surface area contributed by atoms with Gasteiger partial charge in [-0.2, -0.15) is 0 Å². The van der Waals surface area contributed by atoms with Gasteiger partial charge in [-0.25, -0.2) is 0 Å². The molecule has 1 atom stereocenters. The molecule has 1 aliphatic heterocycles. The minimum Gasteiger partial charge on any atom is -0.487 e. The van der Waals surface area contributed by atoms with Gasteiger partial charge in [0.2, 0.25) is 0 Å². The number of amides is 1. The van der Waals surface area contributed by atoms with Gasteiger partial charge in [0.1, 0.15) is 11.9 Å². The van der Waals surface area contributed by atoms with Crippen LogP contribution < -0.4 is 10.1 Å². The summed E-state index contributed by atoms with van der Waals surface area (Å²) in [5, 5.41) is 2.84. The Morgan fingerprint density at radius 1 is 1.25 bits per heavy atom. The van der Waals surface area contributed by atoms with E-state index in [2.05, 4.69) is 15.3 Å². The van der Waals surface area contributed by atoms with Gasteiger partial charge >= 0.3 is 0 Å². The largest absolute Gasteiger partial charge is 0.487 e. The number of aromatic nitrogens is 2. The quantitative estimate of drug-likeness (QED) is 0.799. The maximum absolute atomic E-state index is 11.9. The summed E-state index contributed by atoms with van der Waals surface area (Å²) in [6.07, 6.45) is 7.11. The fourth-order valence-corrected chi connectivity index (χ4v) is 2.79. The minimum atomic E-state index is -0.242. The fraction of sp³-hybridized carbons (Fsp3) is 0.167. The molecule has 6 nitrogen and oxygen atoms in total. The molecule has 0 aliphatic carbocycles. The lowest BCUT2D eigenvalue weighted by molar-refractivity contribution is 0.0906. The van der Waals surface area contributed by atoms with Crippen LogP contribution in [-0.4, -0.2) is 28.5 Å². The van der Waals surface area contributed by atoms with E-state index in [-0.39, 0.29) is 12.0 Å². The van der Waals surface area contributed by atoms with E-state index in [1.165, 1.54) is 6.26 Å².